The van der Waals surface area contributed by atoms with E-state index >= 15 is 0 Å². The molecule has 0 aliphatic heterocycles. The summed E-state index contributed by atoms with van der Waals surface area (Å²) in [4.78, 5) is 23.6. The number of hydrogen-bond acceptors (Lipinski definition) is 8. The molecule has 1 aromatic rings. The number of benzene rings is 1. The van der Waals surface area contributed by atoms with Crippen LogP contribution >= 0.6 is 0 Å². The maximum absolute atomic E-state index is 12.1. The summed E-state index contributed by atoms with van der Waals surface area (Å²) in [7, 11) is 0. The quantitative estimate of drug-likeness (QED) is 0.167. The Morgan fingerprint density at radius 2 is 1.20 bits per heavy atom. The summed E-state index contributed by atoms with van der Waals surface area (Å²) < 4.78 is 26.6. The van der Waals surface area contributed by atoms with Gasteiger partial charge in [0, 0.05) is 18.7 Å². The zero-order valence-corrected chi connectivity index (χ0v) is 21.7. The number of rotatable bonds is 23. The second-order valence-corrected chi connectivity index (χ2v) is 8.22. The summed E-state index contributed by atoms with van der Waals surface area (Å²) in [5.74, 6) is -0.517. The van der Waals surface area contributed by atoms with Crippen LogP contribution in [0.1, 0.15) is 75.6 Å². The number of anilines is 1. The average Bonchev–Trinajstić information content (AvgIpc) is 2.87. The Hall–Kier alpha value is -2.16. The van der Waals surface area contributed by atoms with Gasteiger partial charge < -0.3 is 29.0 Å². The van der Waals surface area contributed by atoms with E-state index in [0.29, 0.717) is 51.6 Å². The molecule has 1 aromatic carbocycles. The largest absolute Gasteiger partial charge is 0.463 e. The van der Waals surface area contributed by atoms with Crippen LogP contribution in [0.15, 0.2) is 24.3 Å². The van der Waals surface area contributed by atoms with E-state index in [1.54, 1.807) is 12.1 Å². The van der Waals surface area contributed by atoms with E-state index in [1.165, 1.54) is 19.3 Å². The van der Waals surface area contributed by atoms with Crippen molar-refractivity contribution < 1.29 is 33.3 Å². The first-order valence-corrected chi connectivity index (χ1v) is 13.1. The summed E-state index contributed by atoms with van der Waals surface area (Å²) in [5, 5.41) is 3.31. The molecule has 0 spiro atoms. The highest BCUT2D eigenvalue weighted by Crippen LogP contribution is 2.11. The molecule has 0 bridgehead atoms. The molecule has 1 N–H and O–H groups in total. The minimum Gasteiger partial charge on any atom is -0.463 e. The lowest BCUT2D eigenvalue weighted by molar-refractivity contribution is -0.145. The van der Waals surface area contributed by atoms with Gasteiger partial charge in [-0.25, -0.2) is 4.79 Å². The number of carbonyl (C=O) groups excluding carboxylic acids is 2. The lowest BCUT2D eigenvalue weighted by atomic mass is 10.1. The summed E-state index contributed by atoms with van der Waals surface area (Å²) >= 11 is 0. The van der Waals surface area contributed by atoms with Crippen molar-refractivity contribution >= 4 is 17.6 Å². The van der Waals surface area contributed by atoms with Gasteiger partial charge in [-0.2, -0.15) is 0 Å². The highest BCUT2D eigenvalue weighted by molar-refractivity contribution is 5.89. The topological polar surface area (TPSA) is 92.3 Å². The molecule has 0 radical (unpaired) electrons. The maximum atomic E-state index is 12.1. The van der Waals surface area contributed by atoms with Crippen LogP contribution < -0.4 is 5.32 Å². The standard InChI is InChI=1S/C27H45NO7/c1-3-5-7-8-9-10-26(29)34-22-20-32-18-16-31-17-19-33-21-23-35-27(30)24-11-13-25(14-12-24)28-15-6-4-2/h11-14,28H,3-10,15-23H2,1-2H3. The predicted octanol–water partition coefficient (Wildman–Crippen LogP) is 5.01. The predicted molar refractivity (Wildman–Crippen MR) is 137 cm³/mol. The third-order valence-electron chi connectivity index (χ3n) is 5.16. The van der Waals surface area contributed by atoms with Crippen LogP contribution in [-0.4, -0.2) is 71.3 Å². The van der Waals surface area contributed by atoms with Crippen LogP contribution in [0.25, 0.3) is 0 Å². The summed E-state index contributed by atoms with van der Waals surface area (Å²) in [5.41, 5.74) is 1.52. The van der Waals surface area contributed by atoms with Gasteiger partial charge in [0.25, 0.3) is 0 Å². The molecule has 1 rings (SSSR count). The molecule has 0 aliphatic rings. The Morgan fingerprint density at radius 3 is 1.80 bits per heavy atom. The van der Waals surface area contributed by atoms with Crippen molar-refractivity contribution in [2.75, 3.05) is 64.7 Å². The number of carbonyl (C=O) groups is 2. The van der Waals surface area contributed by atoms with Gasteiger partial charge in [-0.1, -0.05) is 46.0 Å². The second kappa shape index (κ2) is 22.3. The van der Waals surface area contributed by atoms with Crippen LogP contribution in [0.3, 0.4) is 0 Å². The Morgan fingerprint density at radius 1 is 0.657 bits per heavy atom. The molecule has 0 saturated carbocycles. The number of esters is 2. The first-order chi connectivity index (χ1) is 17.2. The number of ether oxygens (including phenoxy) is 5. The average molecular weight is 496 g/mol. The van der Waals surface area contributed by atoms with E-state index in [-0.39, 0.29) is 25.2 Å². The van der Waals surface area contributed by atoms with E-state index in [0.717, 1.165) is 37.9 Å². The lowest BCUT2D eigenvalue weighted by Crippen LogP contribution is -2.15. The fourth-order valence-corrected chi connectivity index (χ4v) is 3.11. The normalized spacial score (nSPS) is 10.8. The zero-order valence-electron chi connectivity index (χ0n) is 21.7. The first kappa shape index (κ1) is 30.9. The molecule has 0 aromatic heterocycles. The molecule has 0 atom stereocenters. The van der Waals surface area contributed by atoms with Gasteiger partial charge in [-0.15, -0.1) is 0 Å². The minimum absolute atomic E-state index is 0.155. The zero-order chi connectivity index (χ0) is 25.4. The summed E-state index contributed by atoms with van der Waals surface area (Å²) in [6.07, 6.45) is 8.30. The lowest BCUT2D eigenvalue weighted by Gasteiger charge is -2.09. The fourth-order valence-electron chi connectivity index (χ4n) is 3.11. The maximum Gasteiger partial charge on any atom is 0.338 e. The van der Waals surface area contributed by atoms with Gasteiger partial charge in [-0.3, -0.25) is 4.79 Å². The van der Waals surface area contributed by atoms with Gasteiger partial charge in [0.1, 0.15) is 13.2 Å². The van der Waals surface area contributed by atoms with Crippen LogP contribution in [0, 0.1) is 0 Å². The third kappa shape index (κ3) is 17.9. The van der Waals surface area contributed by atoms with Crippen molar-refractivity contribution in [3.8, 4) is 0 Å². The summed E-state index contributed by atoms with van der Waals surface area (Å²) in [6.45, 7) is 8.08. The third-order valence-corrected chi connectivity index (χ3v) is 5.16. The monoisotopic (exact) mass is 495 g/mol. The number of nitrogens with one attached hydrogen (secondary N) is 1. The van der Waals surface area contributed by atoms with Gasteiger partial charge in [0.05, 0.1) is 45.2 Å². The van der Waals surface area contributed by atoms with Gasteiger partial charge >= 0.3 is 11.9 Å². The van der Waals surface area contributed by atoms with Crippen molar-refractivity contribution in [3.05, 3.63) is 29.8 Å². The van der Waals surface area contributed by atoms with Crippen LogP contribution in [-0.2, 0) is 28.5 Å². The number of hydrogen-bond donors (Lipinski definition) is 1. The van der Waals surface area contributed by atoms with E-state index in [4.69, 9.17) is 23.7 Å². The van der Waals surface area contributed by atoms with Crippen LogP contribution in [0.4, 0.5) is 5.69 Å². The Bertz CT molecular complexity index is 651. The van der Waals surface area contributed by atoms with E-state index in [2.05, 4.69) is 19.2 Å². The minimum atomic E-state index is -0.361. The van der Waals surface area contributed by atoms with Crippen LogP contribution in [0.2, 0.25) is 0 Å². The molecule has 0 saturated heterocycles. The Labute approximate surface area is 211 Å². The molecule has 200 valence electrons. The molecule has 0 unspecified atom stereocenters. The molecular formula is C27H45NO7. The molecular weight excluding hydrogens is 450 g/mol. The second-order valence-electron chi connectivity index (χ2n) is 8.22. The fraction of sp³-hybridized carbons (Fsp3) is 0.704. The molecule has 35 heavy (non-hydrogen) atoms. The van der Waals surface area contributed by atoms with Crippen molar-refractivity contribution in [3.63, 3.8) is 0 Å². The molecule has 8 nitrogen and oxygen atoms in total. The summed E-state index contributed by atoms with van der Waals surface area (Å²) in [6, 6.07) is 7.28. The highest BCUT2D eigenvalue weighted by Gasteiger charge is 2.07. The van der Waals surface area contributed by atoms with Crippen LogP contribution in [0.5, 0.6) is 0 Å². The van der Waals surface area contributed by atoms with Crippen molar-refractivity contribution in [2.24, 2.45) is 0 Å². The van der Waals surface area contributed by atoms with Crippen molar-refractivity contribution in [1.82, 2.24) is 0 Å². The molecule has 8 heteroatoms. The van der Waals surface area contributed by atoms with E-state index in [9.17, 15) is 9.59 Å². The molecule has 0 amide bonds. The van der Waals surface area contributed by atoms with Gasteiger partial charge in [0.2, 0.25) is 0 Å². The van der Waals surface area contributed by atoms with E-state index in [1.807, 2.05) is 12.1 Å². The first-order valence-electron chi connectivity index (χ1n) is 13.1. The molecule has 0 aliphatic carbocycles. The smallest absolute Gasteiger partial charge is 0.338 e. The van der Waals surface area contributed by atoms with Gasteiger partial charge in [0.15, 0.2) is 0 Å². The van der Waals surface area contributed by atoms with Gasteiger partial charge in [-0.05, 0) is 37.1 Å². The van der Waals surface area contributed by atoms with Crippen molar-refractivity contribution in [2.45, 2.75) is 65.2 Å². The van der Waals surface area contributed by atoms with Crippen molar-refractivity contribution in [1.29, 1.82) is 0 Å². The Kier molecular flexibility index (Phi) is 19.7. The molecule has 0 fully saturated rings. The Balaban J connectivity index is 1.87. The highest BCUT2D eigenvalue weighted by atomic mass is 16.6. The SMILES string of the molecule is CCCCCCCC(=O)OCCOCCOCCOCCOC(=O)c1ccc(NCCCC)cc1. The molecule has 0 heterocycles. The van der Waals surface area contributed by atoms with E-state index < -0.39 is 0 Å². The number of unbranched alkanes of at least 4 members (excludes halogenated alkanes) is 5.